The van der Waals surface area contributed by atoms with E-state index in [-0.39, 0.29) is 0 Å². The van der Waals surface area contributed by atoms with Crippen molar-refractivity contribution in [2.24, 2.45) is 5.92 Å². The van der Waals surface area contributed by atoms with Crippen LogP contribution in [0.2, 0.25) is 0 Å². The average molecular weight is 312 g/mol. The first-order chi connectivity index (χ1) is 5.52. The molecule has 68 valence electrons. The van der Waals surface area contributed by atoms with Crippen LogP contribution >= 0.6 is 43.2 Å². The van der Waals surface area contributed by atoms with Crippen molar-refractivity contribution in [2.75, 3.05) is 0 Å². The first-order valence-electron chi connectivity index (χ1n) is 3.92. The summed E-state index contributed by atoms with van der Waals surface area (Å²) in [6.45, 7) is 6.58. The Morgan fingerprint density at radius 2 is 2.00 bits per heavy atom. The lowest BCUT2D eigenvalue weighted by atomic mass is 10.1. The molecule has 0 amide bonds. The van der Waals surface area contributed by atoms with Gasteiger partial charge in [-0.15, -0.1) is 11.3 Å². The molecule has 3 heteroatoms. The van der Waals surface area contributed by atoms with Gasteiger partial charge >= 0.3 is 0 Å². The summed E-state index contributed by atoms with van der Waals surface area (Å²) in [6, 6.07) is 2.18. The van der Waals surface area contributed by atoms with Crippen LogP contribution in [0.4, 0.5) is 0 Å². The van der Waals surface area contributed by atoms with E-state index in [1.165, 1.54) is 14.2 Å². The zero-order chi connectivity index (χ0) is 9.30. The maximum atomic E-state index is 3.69. The highest BCUT2D eigenvalue weighted by atomic mass is 79.9. The molecule has 0 fully saturated rings. The van der Waals surface area contributed by atoms with Crippen molar-refractivity contribution in [1.82, 2.24) is 0 Å². The predicted molar refractivity (Wildman–Crippen MR) is 63.3 cm³/mol. The van der Waals surface area contributed by atoms with Crippen LogP contribution < -0.4 is 0 Å². The summed E-state index contributed by atoms with van der Waals surface area (Å²) < 4.78 is 1.24. The van der Waals surface area contributed by atoms with E-state index in [1.807, 2.05) is 11.3 Å². The molecule has 1 rings (SSSR count). The molecule has 0 nitrogen and oxygen atoms in total. The van der Waals surface area contributed by atoms with Gasteiger partial charge in [-0.3, -0.25) is 0 Å². The second-order valence-electron chi connectivity index (χ2n) is 3.22. The summed E-state index contributed by atoms with van der Waals surface area (Å²) in [5.74, 6) is 0.638. The second-order valence-corrected chi connectivity index (χ2v) is 6.34. The highest BCUT2D eigenvalue weighted by Crippen LogP contribution is 2.40. The highest BCUT2D eigenvalue weighted by Gasteiger charge is 2.16. The smallest absolute Gasteiger partial charge is 0.0523 e. The van der Waals surface area contributed by atoms with Crippen molar-refractivity contribution in [3.05, 3.63) is 20.3 Å². The van der Waals surface area contributed by atoms with Gasteiger partial charge in [-0.25, -0.2) is 0 Å². The molecule has 0 aliphatic heterocycles. The number of alkyl halides is 1. The minimum Gasteiger partial charge on any atom is -0.143 e. The normalized spacial score (nSPS) is 13.8. The molecular formula is C9H12Br2S. The molecule has 0 aliphatic rings. The van der Waals surface area contributed by atoms with E-state index < -0.39 is 0 Å². The first-order valence-corrected chi connectivity index (χ1v) is 6.44. The van der Waals surface area contributed by atoms with Gasteiger partial charge in [0.1, 0.15) is 0 Å². The summed E-state index contributed by atoms with van der Waals surface area (Å²) in [6.07, 6.45) is 0. The van der Waals surface area contributed by atoms with E-state index in [4.69, 9.17) is 0 Å². The largest absolute Gasteiger partial charge is 0.143 e. The fraction of sp³-hybridized carbons (Fsp3) is 0.556. The topological polar surface area (TPSA) is 0 Å². The molecule has 1 aromatic rings. The Bertz CT molecular complexity index is 265. The van der Waals surface area contributed by atoms with Gasteiger partial charge in [-0.1, -0.05) is 29.8 Å². The molecule has 1 atom stereocenters. The molecule has 0 N–H and O–H groups in total. The third kappa shape index (κ3) is 2.33. The standard InChI is InChI=1S/C9H12Br2S/c1-5(2)8(11)9-7(10)4-6(3)12-9/h4-5,8H,1-3H3. The molecule has 1 unspecified atom stereocenters. The SMILES string of the molecule is Cc1cc(Br)c(C(Br)C(C)C)s1. The summed E-state index contributed by atoms with van der Waals surface area (Å²) in [7, 11) is 0. The van der Waals surface area contributed by atoms with Crippen LogP contribution in [0.1, 0.15) is 28.4 Å². The summed E-state index contributed by atoms with van der Waals surface area (Å²) in [4.78, 5) is 3.25. The van der Waals surface area contributed by atoms with Gasteiger partial charge in [0.05, 0.1) is 4.83 Å². The van der Waals surface area contributed by atoms with Gasteiger partial charge in [-0.05, 0) is 34.8 Å². The van der Waals surface area contributed by atoms with Gasteiger partial charge in [0.25, 0.3) is 0 Å². The van der Waals surface area contributed by atoms with Gasteiger partial charge in [0.2, 0.25) is 0 Å². The molecular weight excluding hydrogens is 300 g/mol. The number of thiophene rings is 1. The Morgan fingerprint density at radius 3 is 2.33 bits per heavy atom. The second kappa shape index (κ2) is 4.25. The van der Waals surface area contributed by atoms with Crippen LogP contribution in [-0.2, 0) is 0 Å². The molecule has 0 saturated carbocycles. The van der Waals surface area contributed by atoms with E-state index >= 15 is 0 Å². The van der Waals surface area contributed by atoms with Crippen LogP contribution in [0.15, 0.2) is 10.5 Å². The minimum absolute atomic E-state index is 0.477. The first kappa shape index (κ1) is 10.7. The molecule has 12 heavy (non-hydrogen) atoms. The van der Waals surface area contributed by atoms with Crippen molar-refractivity contribution in [2.45, 2.75) is 25.6 Å². The zero-order valence-corrected chi connectivity index (χ0v) is 11.4. The monoisotopic (exact) mass is 310 g/mol. The Hall–Kier alpha value is 0.660. The van der Waals surface area contributed by atoms with Gasteiger partial charge in [0, 0.05) is 14.2 Å². The van der Waals surface area contributed by atoms with Gasteiger partial charge < -0.3 is 0 Å². The molecule has 0 spiro atoms. The van der Waals surface area contributed by atoms with E-state index in [0.29, 0.717) is 10.7 Å². The summed E-state index contributed by atoms with van der Waals surface area (Å²) >= 11 is 9.12. The van der Waals surface area contributed by atoms with Crippen molar-refractivity contribution in [3.8, 4) is 0 Å². The van der Waals surface area contributed by atoms with Gasteiger partial charge in [-0.2, -0.15) is 0 Å². The molecule has 1 aromatic heterocycles. The van der Waals surface area contributed by atoms with Crippen LogP contribution in [0.5, 0.6) is 0 Å². The van der Waals surface area contributed by atoms with E-state index in [0.717, 1.165) is 0 Å². The number of halogens is 2. The molecule has 0 radical (unpaired) electrons. The fourth-order valence-electron chi connectivity index (χ4n) is 0.992. The van der Waals surface area contributed by atoms with E-state index in [9.17, 15) is 0 Å². The van der Waals surface area contributed by atoms with Crippen LogP contribution in [0.25, 0.3) is 0 Å². The van der Waals surface area contributed by atoms with E-state index in [2.05, 4.69) is 58.7 Å². The lowest BCUT2D eigenvalue weighted by Crippen LogP contribution is -1.96. The number of rotatable bonds is 2. The zero-order valence-electron chi connectivity index (χ0n) is 7.40. The van der Waals surface area contributed by atoms with Crippen molar-refractivity contribution < 1.29 is 0 Å². The predicted octanol–water partition coefficient (Wildman–Crippen LogP) is 4.91. The molecule has 0 saturated heterocycles. The van der Waals surface area contributed by atoms with Gasteiger partial charge in [0.15, 0.2) is 0 Å². The number of hydrogen-bond acceptors (Lipinski definition) is 1. The third-order valence-electron chi connectivity index (χ3n) is 1.67. The molecule has 1 heterocycles. The molecule has 0 aromatic carbocycles. The lowest BCUT2D eigenvalue weighted by molar-refractivity contribution is 0.647. The van der Waals surface area contributed by atoms with E-state index in [1.54, 1.807) is 0 Å². The van der Waals surface area contributed by atoms with Crippen LogP contribution in [0, 0.1) is 12.8 Å². The molecule has 0 aliphatic carbocycles. The van der Waals surface area contributed by atoms with Crippen LogP contribution in [-0.4, -0.2) is 0 Å². The quantitative estimate of drug-likeness (QED) is 0.681. The summed E-state index contributed by atoms with van der Waals surface area (Å²) in [5, 5.41) is 0. The van der Waals surface area contributed by atoms with Crippen LogP contribution in [0.3, 0.4) is 0 Å². The minimum atomic E-state index is 0.477. The molecule has 0 bridgehead atoms. The average Bonchev–Trinajstić information content (AvgIpc) is 2.28. The maximum Gasteiger partial charge on any atom is 0.0523 e. The Balaban J connectivity index is 2.94. The highest BCUT2D eigenvalue weighted by molar-refractivity contribution is 9.11. The Labute approximate surface area is 94.6 Å². The Kier molecular flexibility index (Phi) is 3.80. The van der Waals surface area contributed by atoms with Crippen molar-refractivity contribution >= 4 is 43.2 Å². The van der Waals surface area contributed by atoms with Crippen molar-refractivity contribution in [1.29, 1.82) is 0 Å². The third-order valence-corrected chi connectivity index (χ3v) is 5.54. The number of aryl methyl sites for hydroxylation is 1. The summed E-state index contributed by atoms with van der Waals surface area (Å²) in [5.41, 5.74) is 0. The lowest BCUT2D eigenvalue weighted by Gasteiger charge is -2.11. The number of hydrogen-bond donors (Lipinski definition) is 0. The van der Waals surface area contributed by atoms with Crippen molar-refractivity contribution in [3.63, 3.8) is 0 Å². The fourth-order valence-corrected chi connectivity index (χ4v) is 3.88. The Morgan fingerprint density at radius 1 is 1.42 bits per heavy atom. The maximum absolute atomic E-state index is 3.69.